The first-order valence-corrected chi connectivity index (χ1v) is 8.85. The first-order chi connectivity index (χ1) is 12.6. The van der Waals surface area contributed by atoms with Crippen molar-refractivity contribution in [2.24, 2.45) is 0 Å². The smallest absolute Gasteiger partial charge is 0.127 e. The number of hydrogen-bond acceptors (Lipinski definition) is 4. The summed E-state index contributed by atoms with van der Waals surface area (Å²) in [6.45, 7) is 4.61. The number of hydrogen-bond donors (Lipinski definition) is 1. The van der Waals surface area contributed by atoms with E-state index in [2.05, 4.69) is 9.80 Å². The molecule has 0 spiro atoms. The van der Waals surface area contributed by atoms with Gasteiger partial charge in [0, 0.05) is 44.8 Å². The Balaban J connectivity index is 1.38. The molecule has 1 N–H and O–H groups in total. The van der Waals surface area contributed by atoms with Crippen LogP contribution in [-0.2, 0) is 6.54 Å². The molecule has 4 nitrogen and oxygen atoms in total. The number of piperazine rings is 1. The molecule has 0 bridgehead atoms. The van der Waals surface area contributed by atoms with Gasteiger partial charge < -0.3 is 9.84 Å². The Hall–Kier alpha value is -2.02. The fourth-order valence-corrected chi connectivity index (χ4v) is 3.07. The monoisotopic (exact) mass is 362 g/mol. The lowest BCUT2D eigenvalue weighted by atomic mass is 10.2. The number of aliphatic hydroxyl groups excluding tert-OH is 1. The van der Waals surface area contributed by atoms with E-state index in [0.29, 0.717) is 24.4 Å². The maximum absolute atomic E-state index is 13.7. The van der Waals surface area contributed by atoms with Crippen LogP contribution in [0.3, 0.4) is 0 Å². The molecule has 0 aromatic heterocycles. The maximum atomic E-state index is 13.7. The molecule has 0 radical (unpaired) electrons. The van der Waals surface area contributed by atoms with E-state index in [1.54, 1.807) is 18.2 Å². The van der Waals surface area contributed by atoms with Crippen molar-refractivity contribution < 1.29 is 18.6 Å². The van der Waals surface area contributed by atoms with Crippen LogP contribution in [0.5, 0.6) is 5.75 Å². The van der Waals surface area contributed by atoms with Crippen LogP contribution in [0, 0.1) is 11.6 Å². The van der Waals surface area contributed by atoms with E-state index >= 15 is 0 Å². The highest BCUT2D eigenvalue weighted by Crippen LogP contribution is 2.13. The van der Waals surface area contributed by atoms with Crippen molar-refractivity contribution >= 4 is 0 Å². The molecule has 0 unspecified atom stereocenters. The Labute approximate surface area is 152 Å². The van der Waals surface area contributed by atoms with Gasteiger partial charge in [0.25, 0.3) is 0 Å². The molecule has 1 heterocycles. The van der Waals surface area contributed by atoms with Gasteiger partial charge in [-0.05, 0) is 30.3 Å². The first-order valence-electron chi connectivity index (χ1n) is 8.85. The van der Waals surface area contributed by atoms with E-state index in [1.807, 2.05) is 12.1 Å². The largest absolute Gasteiger partial charge is 0.491 e. The lowest BCUT2D eigenvalue weighted by Gasteiger charge is -2.35. The molecule has 2 aromatic rings. The number of β-amino-alcohol motifs (C(OH)–C–C–N with tert-alkyl or cyclic N) is 1. The summed E-state index contributed by atoms with van der Waals surface area (Å²) in [5, 5.41) is 10.2. The van der Waals surface area contributed by atoms with Gasteiger partial charge in [-0.2, -0.15) is 0 Å². The zero-order valence-electron chi connectivity index (χ0n) is 14.7. The van der Waals surface area contributed by atoms with E-state index in [0.717, 1.165) is 26.2 Å². The molecule has 1 aliphatic rings. The molecule has 26 heavy (non-hydrogen) atoms. The fraction of sp³-hybridized carbons (Fsp3) is 0.400. The summed E-state index contributed by atoms with van der Waals surface area (Å²) < 4.78 is 32.1. The average molecular weight is 362 g/mol. The Kier molecular flexibility index (Phi) is 6.55. The molecule has 0 aliphatic carbocycles. The Morgan fingerprint density at radius 1 is 0.923 bits per heavy atom. The van der Waals surface area contributed by atoms with Crippen LogP contribution in [0.25, 0.3) is 0 Å². The predicted molar refractivity (Wildman–Crippen MR) is 96.0 cm³/mol. The van der Waals surface area contributed by atoms with Gasteiger partial charge in [0.15, 0.2) is 0 Å². The average Bonchev–Trinajstić information content (AvgIpc) is 2.65. The van der Waals surface area contributed by atoms with Gasteiger partial charge >= 0.3 is 0 Å². The SMILES string of the molecule is O[C@@H](COc1ccc(F)cc1)CN1CCN(Cc2ccccc2F)CC1. The molecule has 2 aromatic carbocycles. The van der Waals surface area contributed by atoms with Gasteiger partial charge in [0.2, 0.25) is 0 Å². The molecule has 1 aliphatic heterocycles. The molecule has 3 rings (SSSR count). The van der Waals surface area contributed by atoms with Gasteiger partial charge in [-0.25, -0.2) is 8.78 Å². The van der Waals surface area contributed by atoms with Crippen molar-refractivity contribution in [2.45, 2.75) is 12.6 Å². The molecule has 1 fully saturated rings. The van der Waals surface area contributed by atoms with Gasteiger partial charge in [-0.3, -0.25) is 9.80 Å². The van der Waals surface area contributed by atoms with Crippen LogP contribution < -0.4 is 4.74 Å². The standard InChI is InChI=1S/C20H24F2N2O2/c21-17-5-7-19(8-6-17)26-15-18(25)14-24-11-9-23(10-12-24)13-16-3-1-2-4-20(16)22/h1-8,18,25H,9-15H2/t18-/m1/s1. The highest BCUT2D eigenvalue weighted by molar-refractivity contribution is 5.22. The summed E-state index contributed by atoms with van der Waals surface area (Å²) in [6, 6.07) is 12.6. The molecule has 0 amide bonds. The van der Waals surface area contributed by atoms with Gasteiger partial charge in [0.05, 0.1) is 0 Å². The molecule has 1 saturated heterocycles. The van der Waals surface area contributed by atoms with Crippen molar-refractivity contribution in [1.82, 2.24) is 9.80 Å². The fourth-order valence-electron chi connectivity index (χ4n) is 3.07. The highest BCUT2D eigenvalue weighted by Gasteiger charge is 2.20. The maximum Gasteiger partial charge on any atom is 0.127 e. The van der Waals surface area contributed by atoms with Gasteiger partial charge in [-0.15, -0.1) is 0 Å². The molecule has 0 saturated carbocycles. The minimum absolute atomic E-state index is 0.164. The topological polar surface area (TPSA) is 35.9 Å². The summed E-state index contributed by atoms with van der Waals surface area (Å²) in [7, 11) is 0. The number of rotatable bonds is 7. The summed E-state index contributed by atoms with van der Waals surface area (Å²) in [5.41, 5.74) is 0.716. The third kappa shape index (κ3) is 5.49. The van der Waals surface area contributed by atoms with Crippen molar-refractivity contribution in [3.8, 4) is 5.75 Å². The Bertz CT molecular complexity index is 688. The predicted octanol–water partition coefficient (Wildman–Crippen LogP) is 2.52. The molecule has 1 atom stereocenters. The van der Waals surface area contributed by atoms with E-state index < -0.39 is 6.10 Å². The van der Waals surface area contributed by atoms with Crippen LogP contribution in [0.15, 0.2) is 48.5 Å². The first kappa shape index (κ1) is 18.8. The van der Waals surface area contributed by atoms with Gasteiger partial charge in [0.1, 0.15) is 30.1 Å². The number of benzene rings is 2. The second-order valence-electron chi connectivity index (χ2n) is 6.59. The zero-order valence-corrected chi connectivity index (χ0v) is 14.7. The quantitative estimate of drug-likeness (QED) is 0.821. The number of nitrogens with zero attached hydrogens (tertiary/aromatic N) is 2. The summed E-state index contributed by atoms with van der Waals surface area (Å²) in [4.78, 5) is 4.40. The third-order valence-electron chi connectivity index (χ3n) is 4.54. The van der Waals surface area contributed by atoms with E-state index in [-0.39, 0.29) is 18.2 Å². The minimum Gasteiger partial charge on any atom is -0.491 e. The van der Waals surface area contributed by atoms with E-state index in [9.17, 15) is 13.9 Å². The van der Waals surface area contributed by atoms with Crippen molar-refractivity contribution in [3.05, 3.63) is 65.7 Å². The minimum atomic E-state index is -0.613. The normalized spacial score (nSPS) is 17.2. The summed E-state index contributed by atoms with van der Waals surface area (Å²) in [5.74, 6) is 0.0644. The molecule has 6 heteroatoms. The van der Waals surface area contributed by atoms with Crippen LogP contribution in [0.4, 0.5) is 8.78 Å². The van der Waals surface area contributed by atoms with E-state index in [1.165, 1.54) is 18.2 Å². The highest BCUT2D eigenvalue weighted by atomic mass is 19.1. The Morgan fingerprint density at radius 2 is 1.58 bits per heavy atom. The molecular formula is C20H24F2N2O2. The second-order valence-corrected chi connectivity index (χ2v) is 6.59. The Morgan fingerprint density at radius 3 is 2.27 bits per heavy atom. The third-order valence-corrected chi connectivity index (χ3v) is 4.54. The van der Waals surface area contributed by atoms with Crippen LogP contribution in [-0.4, -0.2) is 60.3 Å². The van der Waals surface area contributed by atoms with Crippen LogP contribution >= 0.6 is 0 Å². The number of halogens is 2. The van der Waals surface area contributed by atoms with Crippen LogP contribution in [0.2, 0.25) is 0 Å². The lowest BCUT2D eigenvalue weighted by Crippen LogP contribution is -2.48. The van der Waals surface area contributed by atoms with Crippen molar-refractivity contribution in [1.29, 1.82) is 0 Å². The van der Waals surface area contributed by atoms with Gasteiger partial charge in [-0.1, -0.05) is 18.2 Å². The van der Waals surface area contributed by atoms with Crippen molar-refractivity contribution in [3.63, 3.8) is 0 Å². The van der Waals surface area contributed by atoms with E-state index in [4.69, 9.17) is 4.74 Å². The number of ether oxygens (including phenoxy) is 1. The van der Waals surface area contributed by atoms with Crippen molar-refractivity contribution in [2.75, 3.05) is 39.3 Å². The summed E-state index contributed by atoms with van der Waals surface area (Å²) in [6.07, 6.45) is -0.613. The van der Waals surface area contributed by atoms with Crippen LogP contribution in [0.1, 0.15) is 5.56 Å². The molecular weight excluding hydrogens is 338 g/mol. The second kappa shape index (κ2) is 9.07. The lowest BCUT2D eigenvalue weighted by molar-refractivity contribution is 0.0444. The summed E-state index contributed by atoms with van der Waals surface area (Å²) >= 11 is 0. The number of aliphatic hydroxyl groups is 1. The zero-order chi connectivity index (χ0) is 18.4. The molecule has 140 valence electrons.